The van der Waals surface area contributed by atoms with Gasteiger partial charge in [-0.2, -0.15) is 0 Å². The van der Waals surface area contributed by atoms with Gasteiger partial charge < -0.3 is 5.32 Å². The van der Waals surface area contributed by atoms with E-state index in [-0.39, 0.29) is 11.4 Å². The zero-order valence-electron chi connectivity index (χ0n) is 12.6. The van der Waals surface area contributed by atoms with E-state index >= 15 is 0 Å². The fourth-order valence-electron chi connectivity index (χ4n) is 4.69. The molecule has 112 valence electrons. The van der Waals surface area contributed by atoms with Crippen LogP contribution in [0.25, 0.3) is 0 Å². The van der Waals surface area contributed by atoms with E-state index in [0.29, 0.717) is 6.04 Å². The molecule has 1 spiro atoms. The predicted octanol–water partition coefficient (Wildman–Crippen LogP) is 3.35. The molecule has 1 saturated heterocycles. The lowest BCUT2D eigenvalue weighted by Crippen LogP contribution is -2.60. The number of rotatable bonds is 1. The van der Waals surface area contributed by atoms with Crippen molar-refractivity contribution >= 4 is 11.6 Å². The summed E-state index contributed by atoms with van der Waals surface area (Å²) in [5.74, 6) is 0.240. The van der Waals surface area contributed by atoms with Crippen molar-refractivity contribution < 1.29 is 4.79 Å². The first-order chi connectivity index (χ1) is 10.3. The van der Waals surface area contributed by atoms with E-state index < -0.39 is 0 Å². The highest BCUT2D eigenvalue weighted by molar-refractivity contribution is 6.01. The number of likely N-dealkylation sites (tertiary alicyclic amines) is 1. The molecular weight excluding hydrogens is 260 g/mol. The van der Waals surface area contributed by atoms with Gasteiger partial charge in [0.15, 0.2) is 0 Å². The number of benzene rings is 1. The first-order valence-corrected chi connectivity index (χ1v) is 8.46. The van der Waals surface area contributed by atoms with Crippen LogP contribution in [0, 0.1) is 0 Å². The van der Waals surface area contributed by atoms with Crippen LogP contribution in [0.5, 0.6) is 0 Å². The van der Waals surface area contributed by atoms with Gasteiger partial charge in [0.05, 0.1) is 0 Å². The molecule has 1 atom stereocenters. The smallest absolute Gasteiger partial charge is 0.245 e. The topological polar surface area (TPSA) is 32.3 Å². The monoisotopic (exact) mass is 284 g/mol. The van der Waals surface area contributed by atoms with Gasteiger partial charge in [0, 0.05) is 18.2 Å². The van der Waals surface area contributed by atoms with Crippen LogP contribution in [-0.4, -0.2) is 28.9 Å². The van der Waals surface area contributed by atoms with Gasteiger partial charge in [-0.1, -0.05) is 37.5 Å². The quantitative estimate of drug-likeness (QED) is 0.857. The summed E-state index contributed by atoms with van der Waals surface area (Å²) >= 11 is 0. The summed E-state index contributed by atoms with van der Waals surface area (Å²) in [5.41, 5.74) is 2.06. The van der Waals surface area contributed by atoms with Crippen molar-refractivity contribution in [3.63, 3.8) is 0 Å². The normalized spacial score (nSPS) is 30.4. The first kappa shape index (κ1) is 13.3. The minimum atomic E-state index is -0.267. The van der Waals surface area contributed by atoms with Crippen LogP contribution in [0.1, 0.15) is 50.5 Å². The lowest BCUT2D eigenvalue weighted by Gasteiger charge is -2.45. The molecule has 21 heavy (non-hydrogen) atoms. The second kappa shape index (κ2) is 5.13. The third-order valence-electron chi connectivity index (χ3n) is 5.73. The molecule has 3 heteroatoms. The van der Waals surface area contributed by atoms with Crippen LogP contribution in [0.15, 0.2) is 24.3 Å². The molecule has 1 aromatic carbocycles. The molecule has 3 aliphatic rings. The number of fused-ring (bicyclic) bond motifs is 1. The molecule has 2 heterocycles. The molecule has 1 aromatic rings. The highest BCUT2D eigenvalue weighted by Crippen LogP contribution is 2.42. The molecule has 0 bridgehead atoms. The number of anilines is 1. The van der Waals surface area contributed by atoms with E-state index in [2.05, 4.69) is 22.3 Å². The van der Waals surface area contributed by atoms with Crippen LogP contribution in [0.2, 0.25) is 0 Å². The molecule has 1 aliphatic carbocycles. The third kappa shape index (κ3) is 2.10. The van der Waals surface area contributed by atoms with Gasteiger partial charge in [-0.3, -0.25) is 9.69 Å². The van der Waals surface area contributed by atoms with E-state index in [1.54, 1.807) is 0 Å². The largest absolute Gasteiger partial charge is 0.324 e. The summed E-state index contributed by atoms with van der Waals surface area (Å²) in [6.07, 6.45) is 9.64. The number of para-hydroxylation sites is 1. The molecule has 2 aliphatic heterocycles. The Kier molecular flexibility index (Phi) is 3.26. The molecule has 0 aromatic heterocycles. The molecular formula is C18H24N2O. The van der Waals surface area contributed by atoms with E-state index in [1.165, 1.54) is 37.7 Å². The van der Waals surface area contributed by atoms with Crippen LogP contribution in [0.3, 0.4) is 0 Å². The Bertz CT molecular complexity index is 550. The maximum absolute atomic E-state index is 12.9. The molecule has 4 rings (SSSR count). The summed E-state index contributed by atoms with van der Waals surface area (Å²) in [6.45, 7) is 1.10. The molecule has 3 nitrogen and oxygen atoms in total. The van der Waals surface area contributed by atoms with Crippen molar-refractivity contribution in [2.45, 2.75) is 62.9 Å². The van der Waals surface area contributed by atoms with E-state index in [4.69, 9.17) is 0 Å². The van der Waals surface area contributed by atoms with Crippen molar-refractivity contribution in [1.29, 1.82) is 0 Å². The number of nitrogens with zero attached hydrogens (tertiary/aromatic N) is 1. The Hall–Kier alpha value is -1.35. The maximum Gasteiger partial charge on any atom is 0.245 e. The Labute approximate surface area is 126 Å². The first-order valence-electron chi connectivity index (χ1n) is 8.46. The van der Waals surface area contributed by atoms with Crippen LogP contribution >= 0.6 is 0 Å². The Morgan fingerprint density at radius 1 is 1.10 bits per heavy atom. The lowest BCUT2D eigenvalue weighted by molar-refractivity contribution is -0.128. The van der Waals surface area contributed by atoms with Crippen LogP contribution in [-0.2, 0) is 11.2 Å². The number of hydrogen-bond acceptors (Lipinski definition) is 2. The second-order valence-electron chi connectivity index (χ2n) is 6.91. The Balaban J connectivity index is 1.67. The van der Waals surface area contributed by atoms with Crippen molar-refractivity contribution in [1.82, 2.24) is 4.90 Å². The Morgan fingerprint density at radius 3 is 2.76 bits per heavy atom. The number of carbonyl (C=O) groups excluding carboxylic acids is 1. The van der Waals surface area contributed by atoms with E-state index in [9.17, 15) is 4.79 Å². The number of nitrogens with one attached hydrogen (secondary N) is 1. The molecule has 1 unspecified atom stereocenters. The third-order valence-corrected chi connectivity index (χ3v) is 5.73. The van der Waals surface area contributed by atoms with Gasteiger partial charge in [-0.15, -0.1) is 0 Å². The fraction of sp³-hybridized carbons (Fsp3) is 0.611. The average molecular weight is 284 g/mol. The van der Waals surface area contributed by atoms with Crippen molar-refractivity contribution in [3.05, 3.63) is 29.8 Å². The zero-order valence-corrected chi connectivity index (χ0v) is 12.6. The van der Waals surface area contributed by atoms with Crippen molar-refractivity contribution in [3.8, 4) is 0 Å². The zero-order chi connectivity index (χ0) is 14.3. The van der Waals surface area contributed by atoms with Gasteiger partial charge in [0.2, 0.25) is 5.91 Å². The lowest BCUT2D eigenvalue weighted by atomic mass is 9.81. The second-order valence-corrected chi connectivity index (χ2v) is 6.91. The molecule has 1 saturated carbocycles. The van der Waals surface area contributed by atoms with Gasteiger partial charge in [-0.25, -0.2) is 0 Å². The van der Waals surface area contributed by atoms with Crippen LogP contribution in [0.4, 0.5) is 5.69 Å². The Morgan fingerprint density at radius 2 is 1.90 bits per heavy atom. The minimum Gasteiger partial charge on any atom is -0.324 e. The summed E-state index contributed by atoms with van der Waals surface area (Å²) in [6, 6.07) is 8.92. The fourth-order valence-corrected chi connectivity index (χ4v) is 4.69. The van der Waals surface area contributed by atoms with E-state index in [1.807, 2.05) is 12.1 Å². The molecule has 2 fully saturated rings. The number of carbonyl (C=O) groups is 1. The molecule has 0 radical (unpaired) electrons. The number of amides is 1. The SMILES string of the molecule is O=C1Nc2ccccc2CC12CCCN2C1CCCCC1. The standard InChI is InChI=1S/C18H24N2O/c21-17-18(13-14-7-4-5-10-16(14)19-17)11-6-12-20(18)15-8-2-1-3-9-15/h4-5,7,10,15H,1-3,6,8-9,11-13H2,(H,19,21). The van der Waals surface area contributed by atoms with Crippen molar-refractivity contribution in [2.75, 3.05) is 11.9 Å². The highest BCUT2D eigenvalue weighted by atomic mass is 16.2. The van der Waals surface area contributed by atoms with Crippen molar-refractivity contribution in [2.24, 2.45) is 0 Å². The minimum absolute atomic E-state index is 0.240. The van der Waals surface area contributed by atoms with Gasteiger partial charge in [0.25, 0.3) is 0 Å². The van der Waals surface area contributed by atoms with Gasteiger partial charge >= 0.3 is 0 Å². The maximum atomic E-state index is 12.9. The summed E-state index contributed by atoms with van der Waals surface area (Å²) in [5, 5.41) is 3.18. The van der Waals surface area contributed by atoms with Gasteiger partial charge in [-0.05, 0) is 43.9 Å². The number of hydrogen-bond donors (Lipinski definition) is 1. The average Bonchev–Trinajstić information content (AvgIpc) is 2.94. The predicted molar refractivity (Wildman–Crippen MR) is 84.3 cm³/mol. The van der Waals surface area contributed by atoms with Crippen LogP contribution < -0.4 is 5.32 Å². The summed E-state index contributed by atoms with van der Waals surface area (Å²) in [4.78, 5) is 15.4. The molecule has 1 amide bonds. The van der Waals surface area contributed by atoms with E-state index in [0.717, 1.165) is 31.5 Å². The highest BCUT2D eigenvalue weighted by Gasteiger charge is 2.51. The summed E-state index contributed by atoms with van der Waals surface area (Å²) < 4.78 is 0. The van der Waals surface area contributed by atoms with Gasteiger partial charge in [0.1, 0.15) is 5.54 Å². The molecule has 1 N–H and O–H groups in total. The summed E-state index contributed by atoms with van der Waals surface area (Å²) in [7, 11) is 0.